The fourth-order valence-corrected chi connectivity index (χ4v) is 13.1. The standard InChI is InChI=1S/C44H73N3O9.C32H40N6O7/c1-14-29(7)40(45(10)43(52)33(27(3)4)25-36(49)39(28(5)6)46(11)44(53)56-15-2)37(54-12)26-38(50)47-23-19-22-34(47)42(55-13)31(9)35(48)24-30(8)41(51)32-20-17-16-18-21-32;1-19(2)25(17-24(39)13-15-45-18-21-6-4-7-22(16-21)27-30(42)37-38-31(27)43)28(40)36-32(44)34-14-5-8-26(33)29(41)35-23-11-9-20(3)10-12-23/h16-18,20-21,27-31,33-34,37,39-42,51H,14-15,19,22-26H2,1-13H3;4,6-7,9-12,16,19,25-27H,5,8,13-15,17-18,33H2,1-3H3,(H,35,41)(H2,34,36,40,44)/t29-,30-,31-,33-,34-,37?,39-,40-,41+,42+;25-,26?/m00/s1. The van der Waals surface area contributed by atoms with E-state index >= 15 is 0 Å². The highest BCUT2D eigenvalue weighted by atomic mass is 16.6. The van der Waals surface area contributed by atoms with Crippen molar-refractivity contribution in [3.8, 4) is 0 Å². The number of azo groups is 1. The van der Waals surface area contributed by atoms with Crippen molar-refractivity contribution >= 4 is 70.6 Å². The number of aliphatic hydroxyl groups excluding tert-OH is 1. The highest BCUT2D eigenvalue weighted by Crippen LogP contribution is 2.34. The third-order valence-corrected chi connectivity index (χ3v) is 19.3. The summed E-state index contributed by atoms with van der Waals surface area (Å²) in [6, 6.07) is 20.4. The quantitative estimate of drug-likeness (QED) is 0.0262. The zero-order chi connectivity index (χ0) is 75.4. The Hall–Kier alpha value is -7.97. The van der Waals surface area contributed by atoms with Crippen molar-refractivity contribution in [3.63, 3.8) is 0 Å². The van der Waals surface area contributed by atoms with Crippen molar-refractivity contribution in [2.45, 2.75) is 202 Å². The maximum Gasteiger partial charge on any atom is 0.410 e. The number of anilines is 1. The minimum absolute atomic E-state index is 0.0176. The first-order valence-corrected chi connectivity index (χ1v) is 35.5. The average Bonchev–Trinajstić information content (AvgIpc) is 1.81. The average molecular weight is 1410 g/mol. The number of imide groups is 1. The lowest BCUT2D eigenvalue weighted by Gasteiger charge is -2.41. The first kappa shape index (κ1) is 85.4. The number of aryl methyl sites for hydroxylation is 1. The lowest BCUT2D eigenvalue weighted by molar-refractivity contribution is -0.149. The third-order valence-electron chi connectivity index (χ3n) is 19.3. The monoisotopic (exact) mass is 1410 g/mol. The molecule has 1 fully saturated rings. The van der Waals surface area contributed by atoms with Gasteiger partial charge in [-0.05, 0) is 97.9 Å². The molecule has 3 aromatic rings. The maximum atomic E-state index is 14.4. The Labute approximate surface area is 596 Å². The number of rotatable bonds is 39. The molecule has 0 radical (unpaired) electrons. The Balaban J connectivity index is 0.000000438. The number of nitrogens with two attached hydrogens (primary N) is 1. The molecule has 0 bridgehead atoms. The van der Waals surface area contributed by atoms with Crippen molar-refractivity contribution < 1.29 is 76.8 Å². The van der Waals surface area contributed by atoms with E-state index in [1.807, 2.05) is 110 Å². The number of aliphatic hydroxyl groups is 1. The van der Waals surface area contributed by atoms with Crippen molar-refractivity contribution in [1.29, 1.82) is 0 Å². The van der Waals surface area contributed by atoms with Crippen LogP contribution in [0.3, 0.4) is 0 Å². The zero-order valence-corrected chi connectivity index (χ0v) is 62.2. The van der Waals surface area contributed by atoms with Gasteiger partial charge in [0.25, 0.3) is 11.8 Å². The van der Waals surface area contributed by atoms with Crippen molar-refractivity contribution in [3.05, 3.63) is 101 Å². The number of hydrogen-bond acceptors (Lipinski definition) is 17. The topological polar surface area (TPSA) is 341 Å². The molecular weight excluding hydrogens is 1290 g/mol. The fraction of sp³-hybridized carbons (Fsp3) is 0.618. The van der Waals surface area contributed by atoms with E-state index in [1.165, 1.54) is 4.90 Å². The van der Waals surface area contributed by atoms with Gasteiger partial charge in [0.2, 0.25) is 23.6 Å². The van der Waals surface area contributed by atoms with E-state index in [2.05, 4.69) is 26.2 Å². The molecular formula is C76H113N9O16. The van der Waals surface area contributed by atoms with Crippen molar-refractivity contribution in [1.82, 2.24) is 25.3 Å². The van der Waals surface area contributed by atoms with Gasteiger partial charge in [0.15, 0.2) is 5.78 Å². The number of methoxy groups -OCH3 is 2. The minimum atomic E-state index is -1.03. The van der Waals surface area contributed by atoms with E-state index in [4.69, 9.17) is 24.7 Å². The zero-order valence-electron chi connectivity index (χ0n) is 62.2. The molecule has 0 saturated carbocycles. The summed E-state index contributed by atoms with van der Waals surface area (Å²) in [5, 5.41) is 25.1. The van der Waals surface area contributed by atoms with E-state index in [1.54, 1.807) is 90.4 Å². The number of nitrogens with one attached hydrogen (secondary N) is 3. The van der Waals surface area contributed by atoms with Crippen molar-refractivity contribution in [2.24, 2.45) is 63.3 Å². The van der Waals surface area contributed by atoms with E-state index in [0.717, 1.165) is 24.0 Å². The first-order chi connectivity index (χ1) is 47.8. The molecule has 3 aromatic carbocycles. The number of hydrogen-bond donors (Lipinski definition) is 5. The van der Waals surface area contributed by atoms with Gasteiger partial charge < -0.3 is 55.1 Å². The molecule has 25 heteroatoms. The van der Waals surface area contributed by atoms with Crippen LogP contribution in [0.15, 0.2) is 89.1 Å². The van der Waals surface area contributed by atoms with Gasteiger partial charge in [-0.1, -0.05) is 148 Å². The van der Waals surface area contributed by atoms with Gasteiger partial charge in [-0.3, -0.25) is 48.5 Å². The molecule has 2 unspecified atom stereocenters. The molecule has 12 atom stereocenters. The number of nitrogens with zero attached hydrogens (tertiary/aromatic N) is 5. The summed E-state index contributed by atoms with van der Waals surface area (Å²) >= 11 is 0. The van der Waals surface area contributed by atoms with E-state index in [9.17, 15) is 57.8 Å². The summed E-state index contributed by atoms with van der Waals surface area (Å²) in [6.45, 7) is 23.7. The second-order valence-electron chi connectivity index (χ2n) is 27.9. The second kappa shape index (κ2) is 42.5. The fourth-order valence-electron chi connectivity index (χ4n) is 13.1. The van der Waals surface area contributed by atoms with Crippen LogP contribution in [-0.2, 0) is 68.7 Å². The lowest BCUT2D eigenvalue weighted by atomic mass is 9.83. The highest BCUT2D eigenvalue weighted by Gasteiger charge is 2.44. The number of ether oxygens (including phenoxy) is 4. The largest absolute Gasteiger partial charge is 0.450 e. The number of urea groups is 1. The normalized spacial score (nSPS) is 17.1. The Kier molecular flexibility index (Phi) is 35.9. The molecule has 0 spiro atoms. The van der Waals surface area contributed by atoms with Crippen LogP contribution in [0.5, 0.6) is 0 Å². The number of Topliss-reactive ketones (excluding diaryl/α,β-unsaturated/α-hetero) is 3. The Bertz CT molecular complexity index is 3240. The van der Waals surface area contributed by atoms with Crippen LogP contribution in [-0.4, -0.2) is 176 Å². The molecule has 2 heterocycles. The molecule has 0 aromatic heterocycles. The van der Waals surface area contributed by atoms with Crippen LogP contribution in [0.2, 0.25) is 0 Å². The van der Waals surface area contributed by atoms with Crippen LogP contribution >= 0.6 is 0 Å². The minimum Gasteiger partial charge on any atom is -0.450 e. The number of likely N-dealkylation sites (N-methyl/N-ethyl adjacent to an activating group) is 2. The SMILES string of the molecule is CCOC(=O)N(C)[C@H](C(=O)C[C@H](C(=O)N(C)[C@H](C(CC(=O)N1CCC[C@H]1[C@H](OC)[C@@H](C)C(=O)C[C@H](C)[C@@H](O)c1ccccc1)OC)[C@@H](C)CC)C(C)C)C(C)C.Cc1ccc(NC(=O)C(N)CCCNC(=O)NC(=O)[C@@H](CC(=O)CCOCc2cccc(C3C(=O)N=NC3=O)c2)C(C)C)cc1. The Morgan fingerprint density at radius 2 is 1.38 bits per heavy atom. The van der Waals surface area contributed by atoms with E-state index < -0.39 is 90.0 Å². The summed E-state index contributed by atoms with van der Waals surface area (Å²) in [5.74, 6) is -6.73. The van der Waals surface area contributed by atoms with E-state index in [-0.39, 0.29) is 129 Å². The third kappa shape index (κ3) is 25.8. The number of ketones is 3. The van der Waals surface area contributed by atoms with Crippen LogP contribution < -0.4 is 21.7 Å². The van der Waals surface area contributed by atoms with Crippen LogP contribution in [0.25, 0.3) is 0 Å². The Morgan fingerprint density at radius 1 is 0.733 bits per heavy atom. The molecule has 101 heavy (non-hydrogen) atoms. The summed E-state index contributed by atoms with van der Waals surface area (Å²) in [4.78, 5) is 147. The molecule has 2 aliphatic heterocycles. The summed E-state index contributed by atoms with van der Waals surface area (Å²) in [6.07, 6.45) is 0.519. The molecule has 0 aliphatic carbocycles. The molecule has 2 aliphatic rings. The van der Waals surface area contributed by atoms with Crippen LogP contribution in [0, 0.1) is 54.3 Å². The number of likely N-dealkylation sites (tertiary alicyclic amines) is 1. The smallest absolute Gasteiger partial charge is 0.410 e. The van der Waals surface area contributed by atoms with Gasteiger partial charge >= 0.3 is 12.1 Å². The van der Waals surface area contributed by atoms with Gasteiger partial charge in [0.1, 0.15) is 17.5 Å². The number of carbonyl (C=O) groups is 11. The molecule has 558 valence electrons. The van der Waals surface area contributed by atoms with Gasteiger partial charge in [0.05, 0.1) is 68.7 Å². The van der Waals surface area contributed by atoms with Gasteiger partial charge in [-0.15, -0.1) is 10.2 Å². The van der Waals surface area contributed by atoms with Gasteiger partial charge in [-0.25, -0.2) is 9.59 Å². The first-order valence-electron chi connectivity index (χ1n) is 35.5. The number of amides is 9. The molecule has 25 nitrogen and oxygen atoms in total. The number of benzene rings is 3. The highest BCUT2D eigenvalue weighted by molar-refractivity contribution is 6.10. The predicted molar refractivity (Wildman–Crippen MR) is 383 cm³/mol. The molecule has 9 amide bonds. The predicted octanol–water partition coefficient (Wildman–Crippen LogP) is 9.89. The van der Waals surface area contributed by atoms with Crippen LogP contribution in [0.4, 0.5) is 15.3 Å². The summed E-state index contributed by atoms with van der Waals surface area (Å²) < 4.78 is 22.8. The second-order valence-corrected chi connectivity index (χ2v) is 27.9. The lowest BCUT2D eigenvalue weighted by Crippen LogP contribution is -2.54. The Morgan fingerprint density at radius 3 is 1.96 bits per heavy atom. The van der Waals surface area contributed by atoms with Gasteiger partial charge in [-0.2, -0.15) is 0 Å². The summed E-state index contributed by atoms with van der Waals surface area (Å²) in [5.41, 5.74) is 9.64. The number of carbonyl (C=O) groups excluding carboxylic acids is 11. The summed E-state index contributed by atoms with van der Waals surface area (Å²) in [7, 11) is 6.40. The van der Waals surface area contributed by atoms with Gasteiger partial charge in [0, 0.05) is 90.5 Å². The molecule has 5 rings (SSSR count). The molecule has 1 saturated heterocycles. The van der Waals surface area contributed by atoms with Crippen molar-refractivity contribution in [2.75, 3.05) is 59.9 Å². The van der Waals surface area contributed by atoms with E-state index in [0.29, 0.717) is 42.6 Å². The molecule has 6 N–H and O–H groups in total. The maximum absolute atomic E-state index is 14.4. The van der Waals surface area contributed by atoms with Crippen LogP contribution in [0.1, 0.15) is 175 Å².